The standard InChI is InChI=1S/C13H12N4O4S/c1-6-4-10(18)17-13(14-6)22-9(15-17)5-20-12(19)11-7(2)16-21-8(11)3/h4H,5H2,1-3H3. The Morgan fingerprint density at radius 3 is 2.86 bits per heavy atom. The third-order valence-electron chi connectivity index (χ3n) is 2.98. The Labute approximate surface area is 128 Å². The molecule has 0 unspecified atom stereocenters. The van der Waals surface area contributed by atoms with E-state index in [1.807, 2.05) is 0 Å². The zero-order chi connectivity index (χ0) is 15.9. The molecule has 0 saturated heterocycles. The van der Waals surface area contributed by atoms with E-state index in [0.29, 0.717) is 32.7 Å². The lowest BCUT2D eigenvalue weighted by Crippen LogP contribution is -2.14. The fraction of sp³-hybridized carbons (Fsp3) is 0.308. The maximum atomic E-state index is 12.0. The first-order valence-electron chi connectivity index (χ1n) is 6.42. The summed E-state index contributed by atoms with van der Waals surface area (Å²) in [4.78, 5) is 28.5. The second kappa shape index (κ2) is 5.34. The lowest BCUT2D eigenvalue weighted by molar-refractivity contribution is 0.0468. The maximum Gasteiger partial charge on any atom is 0.344 e. The summed E-state index contributed by atoms with van der Waals surface area (Å²) in [5.41, 5.74) is 1.14. The van der Waals surface area contributed by atoms with E-state index in [1.54, 1.807) is 20.8 Å². The minimum atomic E-state index is -0.535. The zero-order valence-corrected chi connectivity index (χ0v) is 12.9. The molecule has 0 N–H and O–H groups in total. The number of hydrogen-bond acceptors (Lipinski definition) is 8. The highest BCUT2D eigenvalue weighted by Gasteiger charge is 2.19. The van der Waals surface area contributed by atoms with Gasteiger partial charge in [-0.15, -0.1) is 0 Å². The Bertz CT molecular complexity index is 904. The quantitative estimate of drug-likeness (QED) is 0.673. The van der Waals surface area contributed by atoms with Crippen LogP contribution in [0.2, 0.25) is 0 Å². The van der Waals surface area contributed by atoms with Gasteiger partial charge in [-0.25, -0.2) is 9.78 Å². The summed E-state index contributed by atoms with van der Waals surface area (Å²) in [5, 5.41) is 8.28. The van der Waals surface area contributed by atoms with Gasteiger partial charge in [-0.2, -0.15) is 9.61 Å². The van der Waals surface area contributed by atoms with Gasteiger partial charge in [-0.05, 0) is 20.8 Å². The van der Waals surface area contributed by atoms with E-state index in [-0.39, 0.29) is 12.2 Å². The Hall–Kier alpha value is -2.55. The maximum absolute atomic E-state index is 12.0. The van der Waals surface area contributed by atoms with E-state index in [9.17, 15) is 9.59 Å². The predicted octanol–water partition coefficient (Wildman–Crippen LogP) is 1.42. The Morgan fingerprint density at radius 1 is 1.41 bits per heavy atom. The highest BCUT2D eigenvalue weighted by Crippen LogP contribution is 2.16. The van der Waals surface area contributed by atoms with E-state index >= 15 is 0 Å². The summed E-state index contributed by atoms with van der Waals surface area (Å²) >= 11 is 1.20. The van der Waals surface area contributed by atoms with Crippen molar-refractivity contribution in [1.82, 2.24) is 19.8 Å². The molecule has 0 amide bonds. The molecule has 3 aromatic rings. The van der Waals surface area contributed by atoms with Crippen molar-refractivity contribution in [2.45, 2.75) is 27.4 Å². The van der Waals surface area contributed by atoms with Crippen LogP contribution in [0.5, 0.6) is 0 Å². The summed E-state index contributed by atoms with van der Waals surface area (Å²) in [6.07, 6.45) is 0. The lowest BCUT2D eigenvalue weighted by Gasteiger charge is -2.00. The summed E-state index contributed by atoms with van der Waals surface area (Å²) in [6.45, 7) is 4.99. The zero-order valence-electron chi connectivity index (χ0n) is 12.1. The number of nitrogens with zero attached hydrogens (tertiary/aromatic N) is 4. The normalized spacial score (nSPS) is 11.0. The number of aromatic nitrogens is 4. The SMILES string of the molecule is Cc1cc(=O)n2nc(COC(=O)c3c(C)noc3C)sc2n1. The third kappa shape index (κ3) is 2.50. The number of fused-ring (bicyclic) bond motifs is 1. The number of carbonyl (C=O) groups excluding carboxylic acids is 1. The van der Waals surface area contributed by atoms with Gasteiger partial charge < -0.3 is 9.26 Å². The van der Waals surface area contributed by atoms with Crippen molar-refractivity contribution in [2.75, 3.05) is 0 Å². The molecule has 3 aromatic heterocycles. The number of ether oxygens (including phenoxy) is 1. The molecule has 22 heavy (non-hydrogen) atoms. The van der Waals surface area contributed by atoms with Crippen LogP contribution in [0.4, 0.5) is 0 Å². The molecule has 0 fully saturated rings. The van der Waals surface area contributed by atoms with Crippen LogP contribution in [0.3, 0.4) is 0 Å². The number of carbonyl (C=O) groups is 1. The van der Waals surface area contributed by atoms with Crippen LogP contribution in [-0.4, -0.2) is 25.7 Å². The summed E-state index contributed by atoms with van der Waals surface area (Å²) in [6, 6.07) is 1.40. The Balaban J connectivity index is 1.81. The second-order valence-electron chi connectivity index (χ2n) is 4.70. The van der Waals surface area contributed by atoms with E-state index < -0.39 is 5.97 Å². The van der Waals surface area contributed by atoms with Crippen LogP contribution >= 0.6 is 11.3 Å². The first-order chi connectivity index (χ1) is 10.5. The molecule has 0 saturated carbocycles. The average Bonchev–Trinajstić information content (AvgIpc) is 3.00. The largest absolute Gasteiger partial charge is 0.454 e. The molecule has 0 aliphatic rings. The van der Waals surface area contributed by atoms with Gasteiger partial charge in [0, 0.05) is 11.8 Å². The van der Waals surface area contributed by atoms with Crippen LogP contribution in [-0.2, 0) is 11.3 Å². The molecule has 114 valence electrons. The fourth-order valence-corrected chi connectivity index (χ4v) is 2.85. The molecule has 0 aliphatic heterocycles. The molecular weight excluding hydrogens is 308 g/mol. The summed E-state index contributed by atoms with van der Waals surface area (Å²) in [7, 11) is 0. The Morgan fingerprint density at radius 2 is 2.18 bits per heavy atom. The molecule has 0 aromatic carbocycles. The summed E-state index contributed by atoms with van der Waals surface area (Å²) < 4.78 is 11.3. The fourth-order valence-electron chi connectivity index (χ4n) is 1.99. The van der Waals surface area contributed by atoms with Crippen molar-refractivity contribution in [3.8, 4) is 0 Å². The van der Waals surface area contributed by atoms with Gasteiger partial charge in [0.05, 0.1) is 5.69 Å². The second-order valence-corrected chi connectivity index (χ2v) is 5.74. The van der Waals surface area contributed by atoms with Crippen molar-refractivity contribution in [2.24, 2.45) is 0 Å². The van der Waals surface area contributed by atoms with Gasteiger partial charge in [0.25, 0.3) is 5.56 Å². The molecule has 8 nitrogen and oxygen atoms in total. The van der Waals surface area contributed by atoms with Crippen LogP contribution in [0, 0.1) is 20.8 Å². The van der Waals surface area contributed by atoms with Crippen LogP contribution in [0.25, 0.3) is 4.96 Å². The highest BCUT2D eigenvalue weighted by atomic mass is 32.1. The molecule has 9 heteroatoms. The van der Waals surface area contributed by atoms with Gasteiger partial charge in [-0.1, -0.05) is 16.5 Å². The van der Waals surface area contributed by atoms with Gasteiger partial charge in [0.2, 0.25) is 4.96 Å². The van der Waals surface area contributed by atoms with Crippen LogP contribution in [0.15, 0.2) is 15.4 Å². The number of aryl methyl sites for hydroxylation is 3. The van der Waals surface area contributed by atoms with Crippen molar-refractivity contribution in [1.29, 1.82) is 0 Å². The number of hydrogen-bond donors (Lipinski definition) is 0. The molecule has 0 bridgehead atoms. The van der Waals surface area contributed by atoms with Crippen LogP contribution in [0.1, 0.15) is 32.5 Å². The minimum Gasteiger partial charge on any atom is -0.454 e. The van der Waals surface area contributed by atoms with Crippen molar-refractivity contribution >= 4 is 22.3 Å². The highest BCUT2D eigenvalue weighted by molar-refractivity contribution is 7.16. The molecule has 0 atom stereocenters. The first-order valence-corrected chi connectivity index (χ1v) is 7.24. The smallest absolute Gasteiger partial charge is 0.344 e. The third-order valence-corrected chi connectivity index (χ3v) is 3.86. The topological polar surface area (TPSA) is 99.6 Å². The average molecular weight is 320 g/mol. The van der Waals surface area contributed by atoms with Gasteiger partial charge >= 0.3 is 5.97 Å². The monoisotopic (exact) mass is 320 g/mol. The predicted molar refractivity (Wildman–Crippen MR) is 77.0 cm³/mol. The van der Waals surface area contributed by atoms with Crippen molar-refractivity contribution in [3.63, 3.8) is 0 Å². The lowest BCUT2D eigenvalue weighted by atomic mass is 10.2. The molecule has 0 aliphatic carbocycles. The molecule has 0 spiro atoms. The number of esters is 1. The van der Waals surface area contributed by atoms with Crippen molar-refractivity contribution in [3.05, 3.63) is 44.1 Å². The number of rotatable bonds is 3. The van der Waals surface area contributed by atoms with E-state index in [4.69, 9.17) is 9.26 Å². The van der Waals surface area contributed by atoms with Gasteiger partial charge in [-0.3, -0.25) is 4.79 Å². The van der Waals surface area contributed by atoms with Crippen molar-refractivity contribution < 1.29 is 14.1 Å². The molecular formula is C13H12N4O4S. The van der Waals surface area contributed by atoms with E-state index in [2.05, 4.69) is 15.2 Å². The molecule has 3 heterocycles. The first kappa shape index (κ1) is 14.4. The molecule has 3 rings (SSSR count). The molecule has 0 radical (unpaired) electrons. The van der Waals surface area contributed by atoms with E-state index in [0.717, 1.165) is 0 Å². The Kier molecular flexibility index (Phi) is 3.49. The summed E-state index contributed by atoms with van der Waals surface area (Å²) in [5.74, 6) is -0.132. The van der Waals surface area contributed by atoms with Gasteiger partial charge in [0.1, 0.15) is 17.9 Å². The van der Waals surface area contributed by atoms with Gasteiger partial charge in [0.15, 0.2) is 5.01 Å². The minimum absolute atomic E-state index is 0.0462. The van der Waals surface area contributed by atoms with Crippen LogP contribution < -0.4 is 5.56 Å². The van der Waals surface area contributed by atoms with E-state index in [1.165, 1.54) is 21.9 Å².